The first-order valence-electron chi connectivity index (χ1n) is 7.11. The van der Waals surface area contributed by atoms with Gasteiger partial charge in [-0.15, -0.1) is 0 Å². The summed E-state index contributed by atoms with van der Waals surface area (Å²) in [5.41, 5.74) is 2.42. The minimum atomic E-state index is 0.611. The molecule has 0 amide bonds. The van der Waals surface area contributed by atoms with Gasteiger partial charge in [0.1, 0.15) is 0 Å². The summed E-state index contributed by atoms with van der Waals surface area (Å²) in [6.07, 6.45) is 3.08. The number of para-hydroxylation sites is 1. The fraction of sp³-hybridized carbons (Fsp3) is 0.438. The third kappa shape index (κ3) is 2.77. The lowest BCUT2D eigenvalue weighted by molar-refractivity contribution is 0.296. The zero-order valence-electron chi connectivity index (χ0n) is 11.4. The van der Waals surface area contributed by atoms with E-state index in [4.69, 9.17) is 0 Å². The summed E-state index contributed by atoms with van der Waals surface area (Å²) < 4.78 is 0. The van der Waals surface area contributed by atoms with Crippen molar-refractivity contribution in [2.75, 3.05) is 13.1 Å². The largest absolute Gasteiger partial charge is 0.316 e. The quantitative estimate of drug-likeness (QED) is 0.884. The van der Waals surface area contributed by atoms with Crippen molar-refractivity contribution in [3.8, 4) is 0 Å². The molecule has 0 saturated carbocycles. The van der Waals surface area contributed by atoms with Crippen molar-refractivity contribution in [2.45, 2.75) is 25.9 Å². The molecule has 1 aliphatic rings. The molecule has 0 bridgehead atoms. The predicted molar refractivity (Wildman–Crippen MR) is 79.0 cm³/mol. The van der Waals surface area contributed by atoms with Gasteiger partial charge in [0, 0.05) is 24.2 Å². The Kier molecular flexibility index (Phi) is 3.76. The van der Waals surface area contributed by atoms with Crippen LogP contribution >= 0.6 is 0 Å². The number of benzene rings is 1. The minimum Gasteiger partial charge on any atom is -0.316 e. The monoisotopic (exact) mass is 255 g/mol. The van der Waals surface area contributed by atoms with Gasteiger partial charge in [-0.25, -0.2) is 0 Å². The number of hydrogen-bond donors (Lipinski definition) is 2. The molecular weight excluding hydrogens is 234 g/mol. The standard InChI is InChI=1S/C16H21N3/c1-12-10-17-9-7-15(12)19-11-14-5-2-4-13-6-3-8-18-16(13)14/h2-6,8,12,15,17,19H,7,9-11H2,1H3. The van der Waals surface area contributed by atoms with E-state index in [2.05, 4.69) is 46.8 Å². The Balaban J connectivity index is 1.74. The maximum Gasteiger partial charge on any atom is 0.0746 e. The van der Waals surface area contributed by atoms with Gasteiger partial charge in [0.05, 0.1) is 5.52 Å². The number of rotatable bonds is 3. The van der Waals surface area contributed by atoms with E-state index < -0.39 is 0 Å². The highest BCUT2D eigenvalue weighted by Gasteiger charge is 2.20. The van der Waals surface area contributed by atoms with Crippen LogP contribution in [0, 0.1) is 5.92 Å². The number of pyridine rings is 1. The zero-order chi connectivity index (χ0) is 13.1. The lowest BCUT2D eigenvalue weighted by atomic mass is 9.95. The van der Waals surface area contributed by atoms with Crippen LogP contribution in [0.1, 0.15) is 18.9 Å². The van der Waals surface area contributed by atoms with Crippen LogP contribution in [-0.4, -0.2) is 24.1 Å². The summed E-state index contributed by atoms with van der Waals surface area (Å²) in [5, 5.41) is 8.36. The van der Waals surface area contributed by atoms with Crippen LogP contribution in [0.5, 0.6) is 0 Å². The summed E-state index contributed by atoms with van der Waals surface area (Å²) in [5.74, 6) is 0.691. The molecule has 0 spiro atoms. The first kappa shape index (κ1) is 12.6. The van der Waals surface area contributed by atoms with Gasteiger partial charge >= 0.3 is 0 Å². The third-order valence-electron chi connectivity index (χ3n) is 4.06. The van der Waals surface area contributed by atoms with E-state index in [1.165, 1.54) is 17.4 Å². The molecule has 1 fully saturated rings. The van der Waals surface area contributed by atoms with Gasteiger partial charge in [0.2, 0.25) is 0 Å². The molecule has 3 rings (SSSR count). The Morgan fingerprint density at radius 3 is 3.11 bits per heavy atom. The van der Waals surface area contributed by atoms with Gasteiger partial charge in [-0.2, -0.15) is 0 Å². The van der Waals surface area contributed by atoms with Crippen LogP contribution in [0.4, 0.5) is 0 Å². The van der Waals surface area contributed by atoms with Crippen molar-refractivity contribution in [3.63, 3.8) is 0 Å². The van der Waals surface area contributed by atoms with E-state index in [9.17, 15) is 0 Å². The van der Waals surface area contributed by atoms with Crippen LogP contribution in [-0.2, 0) is 6.54 Å². The van der Waals surface area contributed by atoms with Crippen LogP contribution in [0.2, 0.25) is 0 Å². The molecule has 19 heavy (non-hydrogen) atoms. The van der Waals surface area contributed by atoms with Crippen molar-refractivity contribution in [3.05, 3.63) is 42.1 Å². The Morgan fingerprint density at radius 1 is 1.32 bits per heavy atom. The maximum absolute atomic E-state index is 4.51. The number of nitrogens with one attached hydrogen (secondary N) is 2. The van der Waals surface area contributed by atoms with Gasteiger partial charge < -0.3 is 10.6 Å². The summed E-state index contributed by atoms with van der Waals surface area (Å²) in [7, 11) is 0. The highest BCUT2D eigenvalue weighted by molar-refractivity contribution is 5.81. The SMILES string of the molecule is CC1CNCCC1NCc1cccc2cccnc12. The average molecular weight is 255 g/mol. The fourth-order valence-corrected chi connectivity index (χ4v) is 2.87. The minimum absolute atomic E-state index is 0.611. The summed E-state index contributed by atoms with van der Waals surface area (Å²) in [6, 6.07) is 11.1. The highest BCUT2D eigenvalue weighted by Crippen LogP contribution is 2.17. The van der Waals surface area contributed by atoms with Crippen molar-refractivity contribution >= 4 is 10.9 Å². The summed E-state index contributed by atoms with van der Waals surface area (Å²) >= 11 is 0. The van der Waals surface area contributed by atoms with Gasteiger partial charge in [-0.05, 0) is 37.1 Å². The molecule has 0 radical (unpaired) electrons. The molecule has 0 aliphatic carbocycles. The zero-order valence-corrected chi connectivity index (χ0v) is 11.4. The lowest BCUT2D eigenvalue weighted by Gasteiger charge is -2.30. The molecule has 2 N–H and O–H groups in total. The van der Waals surface area contributed by atoms with Crippen molar-refractivity contribution in [1.82, 2.24) is 15.6 Å². The third-order valence-corrected chi connectivity index (χ3v) is 4.06. The second-order valence-electron chi connectivity index (χ2n) is 5.45. The van der Waals surface area contributed by atoms with Gasteiger partial charge in [-0.1, -0.05) is 31.2 Å². The Hall–Kier alpha value is -1.45. The van der Waals surface area contributed by atoms with E-state index >= 15 is 0 Å². The molecule has 3 heteroatoms. The number of nitrogens with zero attached hydrogens (tertiary/aromatic N) is 1. The summed E-state index contributed by atoms with van der Waals surface area (Å²) in [6.45, 7) is 5.45. The molecule has 2 aromatic rings. The number of fused-ring (bicyclic) bond motifs is 1. The molecule has 2 atom stereocenters. The van der Waals surface area contributed by atoms with E-state index in [0.717, 1.165) is 25.2 Å². The maximum atomic E-state index is 4.51. The van der Waals surface area contributed by atoms with Gasteiger partial charge in [0.25, 0.3) is 0 Å². The molecule has 100 valence electrons. The Bertz CT molecular complexity index is 547. The first-order chi connectivity index (χ1) is 9.34. The molecule has 3 nitrogen and oxygen atoms in total. The lowest BCUT2D eigenvalue weighted by Crippen LogP contribution is -2.46. The number of aromatic nitrogens is 1. The van der Waals surface area contributed by atoms with Crippen molar-refractivity contribution in [2.24, 2.45) is 5.92 Å². The van der Waals surface area contributed by atoms with Crippen LogP contribution in [0.3, 0.4) is 0 Å². The molecule has 1 saturated heterocycles. The Morgan fingerprint density at radius 2 is 2.21 bits per heavy atom. The Labute approximate surface area is 114 Å². The second-order valence-corrected chi connectivity index (χ2v) is 5.45. The fourth-order valence-electron chi connectivity index (χ4n) is 2.87. The molecule has 1 aliphatic heterocycles. The molecule has 2 heterocycles. The average Bonchev–Trinajstić information content (AvgIpc) is 2.46. The van der Waals surface area contributed by atoms with Crippen molar-refractivity contribution < 1.29 is 0 Å². The van der Waals surface area contributed by atoms with E-state index in [1.54, 1.807) is 0 Å². The van der Waals surface area contributed by atoms with Gasteiger partial charge in [0.15, 0.2) is 0 Å². The van der Waals surface area contributed by atoms with Gasteiger partial charge in [-0.3, -0.25) is 4.98 Å². The molecule has 1 aromatic heterocycles. The molecule has 1 aromatic carbocycles. The van der Waals surface area contributed by atoms with Crippen LogP contribution in [0.15, 0.2) is 36.5 Å². The van der Waals surface area contributed by atoms with Crippen molar-refractivity contribution in [1.29, 1.82) is 0 Å². The topological polar surface area (TPSA) is 37.0 Å². The van der Waals surface area contributed by atoms with Crippen LogP contribution in [0.25, 0.3) is 10.9 Å². The molecular formula is C16H21N3. The predicted octanol–water partition coefficient (Wildman–Crippen LogP) is 2.32. The summed E-state index contributed by atoms with van der Waals surface area (Å²) in [4.78, 5) is 4.51. The first-order valence-corrected chi connectivity index (χ1v) is 7.11. The van der Waals surface area contributed by atoms with E-state index in [1.807, 2.05) is 12.3 Å². The highest BCUT2D eigenvalue weighted by atomic mass is 15.0. The number of piperidine rings is 1. The smallest absolute Gasteiger partial charge is 0.0746 e. The van der Waals surface area contributed by atoms with Crippen LogP contribution < -0.4 is 10.6 Å². The van der Waals surface area contributed by atoms with E-state index in [0.29, 0.717) is 12.0 Å². The second kappa shape index (κ2) is 5.68. The van der Waals surface area contributed by atoms with E-state index in [-0.39, 0.29) is 0 Å². The number of hydrogen-bond acceptors (Lipinski definition) is 3. The normalized spacial score (nSPS) is 23.6. The molecule has 2 unspecified atom stereocenters.